The molecule has 0 aliphatic carbocycles. The van der Waals surface area contributed by atoms with Crippen LogP contribution in [0.5, 0.6) is 5.75 Å². The maximum atomic E-state index is 13.7. The van der Waals surface area contributed by atoms with Crippen LogP contribution in [0.15, 0.2) is 67.5 Å². The van der Waals surface area contributed by atoms with Gasteiger partial charge in [0.2, 0.25) is 11.9 Å². The van der Waals surface area contributed by atoms with Gasteiger partial charge in [-0.25, -0.2) is 9.37 Å². The van der Waals surface area contributed by atoms with Crippen LogP contribution in [0.2, 0.25) is 0 Å². The van der Waals surface area contributed by atoms with Crippen molar-refractivity contribution in [2.75, 3.05) is 69.0 Å². The highest BCUT2D eigenvalue weighted by Crippen LogP contribution is 2.39. The van der Waals surface area contributed by atoms with E-state index in [-0.39, 0.29) is 11.7 Å². The highest BCUT2D eigenvalue weighted by Gasteiger charge is 2.27. The van der Waals surface area contributed by atoms with Crippen LogP contribution in [0, 0.1) is 5.82 Å². The fourth-order valence-corrected chi connectivity index (χ4v) is 6.26. The Morgan fingerprint density at radius 2 is 1.89 bits per heavy atom. The summed E-state index contributed by atoms with van der Waals surface area (Å²) in [5, 5.41) is 7.07. The molecule has 0 bridgehead atoms. The number of carbonyl (C=O) groups excluding carboxylic acids is 1. The van der Waals surface area contributed by atoms with Gasteiger partial charge in [0.25, 0.3) is 0 Å². The summed E-state index contributed by atoms with van der Waals surface area (Å²) in [7, 11) is 3.82. The number of aromatic nitrogens is 3. The Kier molecular flexibility index (Phi) is 8.76. The molecule has 2 saturated heterocycles. The zero-order valence-corrected chi connectivity index (χ0v) is 25.3. The molecule has 2 fully saturated rings. The van der Waals surface area contributed by atoms with Crippen molar-refractivity contribution in [1.29, 1.82) is 0 Å². The molecule has 0 saturated carbocycles. The molecule has 230 valence electrons. The molecular formula is C33H39FN8O2. The van der Waals surface area contributed by atoms with Gasteiger partial charge in [-0.1, -0.05) is 6.58 Å². The molecule has 4 heterocycles. The molecule has 2 aromatic carbocycles. The van der Waals surface area contributed by atoms with Gasteiger partial charge in [0.15, 0.2) is 0 Å². The van der Waals surface area contributed by atoms with E-state index in [0.29, 0.717) is 34.9 Å². The zero-order chi connectivity index (χ0) is 30.6. The third-order valence-corrected chi connectivity index (χ3v) is 8.62. The standard InChI is InChI=1S/C33H39FN8O2/c1-4-32(43)36-26-21-27(37-33-35-12-8-31(38-33)42-17-9-23-20-24(34)6-7-28(23)42)30(44-3)22-29(26)41-14-5-13-40(18-19-41)25-10-15-39(2)16-11-25/h4,6-9,12,17,20-22,25H,1,5,10-11,13-16,18-19H2,2-3H3,(H,36,43)(H,35,37,38). The van der Waals surface area contributed by atoms with Crippen molar-refractivity contribution in [3.05, 3.63) is 73.3 Å². The van der Waals surface area contributed by atoms with Crippen LogP contribution < -0.4 is 20.3 Å². The second-order valence-electron chi connectivity index (χ2n) is 11.4. The highest BCUT2D eigenvalue weighted by atomic mass is 19.1. The average molecular weight is 599 g/mol. The molecule has 2 aromatic heterocycles. The van der Waals surface area contributed by atoms with E-state index >= 15 is 0 Å². The van der Waals surface area contributed by atoms with Crippen LogP contribution in [-0.4, -0.2) is 89.7 Å². The lowest BCUT2D eigenvalue weighted by Gasteiger charge is -2.36. The Morgan fingerprint density at radius 3 is 2.68 bits per heavy atom. The van der Waals surface area contributed by atoms with Gasteiger partial charge in [0, 0.05) is 56.1 Å². The summed E-state index contributed by atoms with van der Waals surface area (Å²) in [4.78, 5) is 29.1. The fourth-order valence-electron chi connectivity index (χ4n) is 6.26. The predicted octanol–water partition coefficient (Wildman–Crippen LogP) is 5.04. The molecule has 1 amide bonds. The molecule has 0 spiro atoms. The number of benzene rings is 2. The molecule has 44 heavy (non-hydrogen) atoms. The quantitative estimate of drug-likeness (QED) is 0.273. The maximum Gasteiger partial charge on any atom is 0.247 e. The Balaban J connectivity index is 1.27. The van der Waals surface area contributed by atoms with Crippen molar-refractivity contribution < 1.29 is 13.9 Å². The molecule has 0 radical (unpaired) electrons. The van der Waals surface area contributed by atoms with Crippen LogP contribution in [0.1, 0.15) is 19.3 Å². The van der Waals surface area contributed by atoms with Crippen molar-refractivity contribution in [1.82, 2.24) is 24.3 Å². The topological polar surface area (TPSA) is 90.8 Å². The first-order valence-electron chi connectivity index (χ1n) is 15.1. The summed E-state index contributed by atoms with van der Waals surface area (Å²) in [6, 6.07) is 12.7. The average Bonchev–Trinajstić information content (AvgIpc) is 3.29. The number of rotatable bonds is 8. The summed E-state index contributed by atoms with van der Waals surface area (Å²) >= 11 is 0. The largest absolute Gasteiger partial charge is 0.494 e. The van der Waals surface area contributed by atoms with Crippen molar-refractivity contribution >= 4 is 39.8 Å². The van der Waals surface area contributed by atoms with Crippen molar-refractivity contribution in [3.8, 4) is 11.6 Å². The van der Waals surface area contributed by atoms with Crippen LogP contribution in [0.25, 0.3) is 16.7 Å². The van der Waals surface area contributed by atoms with Gasteiger partial charge >= 0.3 is 0 Å². The molecule has 2 N–H and O–H groups in total. The summed E-state index contributed by atoms with van der Waals surface area (Å²) in [6.45, 7) is 9.68. The molecule has 2 aliphatic rings. The number of likely N-dealkylation sites (tertiary alicyclic amines) is 1. The van der Waals surface area contributed by atoms with E-state index in [4.69, 9.17) is 9.72 Å². The molecule has 0 atom stereocenters. The van der Waals surface area contributed by atoms with Gasteiger partial charge in [-0.05, 0) is 81.9 Å². The smallest absolute Gasteiger partial charge is 0.247 e. The molecule has 4 aromatic rings. The van der Waals surface area contributed by atoms with E-state index in [1.807, 2.05) is 29.0 Å². The second kappa shape index (κ2) is 13.0. The SMILES string of the molecule is C=CC(=O)Nc1cc(Nc2nccc(-n3ccc4cc(F)ccc43)n2)c(OC)cc1N1CCCN(C2CCN(C)CC2)CC1. The van der Waals surface area contributed by atoms with Gasteiger partial charge < -0.3 is 29.7 Å². The number of nitrogens with zero attached hydrogens (tertiary/aromatic N) is 6. The van der Waals surface area contributed by atoms with Gasteiger partial charge in [-0.3, -0.25) is 9.69 Å². The van der Waals surface area contributed by atoms with E-state index < -0.39 is 0 Å². The zero-order valence-electron chi connectivity index (χ0n) is 25.3. The number of hydrogen-bond acceptors (Lipinski definition) is 8. The lowest BCUT2D eigenvalue weighted by molar-refractivity contribution is -0.111. The molecule has 10 nitrogen and oxygen atoms in total. The third-order valence-electron chi connectivity index (χ3n) is 8.62. The van der Waals surface area contributed by atoms with Crippen LogP contribution in [0.4, 0.5) is 27.4 Å². The van der Waals surface area contributed by atoms with Crippen molar-refractivity contribution in [3.63, 3.8) is 0 Å². The Morgan fingerprint density at radius 1 is 1.05 bits per heavy atom. The molecule has 0 unspecified atom stereocenters. The van der Waals surface area contributed by atoms with Gasteiger partial charge in [-0.15, -0.1) is 0 Å². The third kappa shape index (κ3) is 6.39. The van der Waals surface area contributed by atoms with Crippen molar-refractivity contribution in [2.24, 2.45) is 0 Å². The Labute approximate surface area is 257 Å². The first-order valence-corrected chi connectivity index (χ1v) is 15.1. The van der Waals surface area contributed by atoms with Gasteiger partial charge in [-0.2, -0.15) is 4.98 Å². The number of amides is 1. The predicted molar refractivity (Wildman–Crippen MR) is 173 cm³/mol. The minimum atomic E-state index is -0.292. The monoisotopic (exact) mass is 598 g/mol. The molecule has 11 heteroatoms. The number of ether oxygens (including phenoxy) is 1. The fraction of sp³-hybridized carbons (Fsp3) is 0.364. The summed E-state index contributed by atoms with van der Waals surface area (Å²) in [5.74, 6) is 0.994. The first-order chi connectivity index (χ1) is 21.4. The highest BCUT2D eigenvalue weighted by molar-refractivity contribution is 6.02. The number of piperidine rings is 1. The molecule has 2 aliphatic heterocycles. The first kappa shape index (κ1) is 29.6. The van der Waals surface area contributed by atoms with E-state index in [1.165, 1.54) is 31.1 Å². The maximum absolute atomic E-state index is 13.7. The minimum Gasteiger partial charge on any atom is -0.494 e. The Hall–Kier alpha value is -4.48. The van der Waals surface area contributed by atoms with Crippen LogP contribution in [-0.2, 0) is 4.79 Å². The second-order valence-corrected chi connectivity index (χ2v) is 11.4. The number of methoxy groups -OCH3 is 1. The van der Waals surface area contributed by atoms with Gasteiger partial charge in [0.1, 0.15) is 17.4 Å². The summed E-state index contributed by atoms with van der Waals surface area (Å²) in [5.41, 5.74) is 2.99. The number of nitrogens with one attached hydrogen (secondary N) is 2. The number of hydrogen-bond donors (Lipinski definition) is 2. The number of carbonyl (C=O) groups is 1. The molecular weight excluding hydrogens is 559 g/mol. The Bertz CT molecular complexity index is 1650. The van der Waals surface area contributed by atoms with Crippen LogP contribution in [0.3, 0.4) is 0 Å². The lowest BCUT2D eigenvalue weighted by atomic mass is 10.0. The lowest BCUT2D eigenvalue weighted by Crippen LogP contribution is -2.45. The van der Waals surface area contributed by atoms with Crippen molar-refractivity contribution in [2.45, 2.75) is 25.3 Å². The van der Waals surface area contributed by atoms with Gasteiger partial charge in [0.05, 0.1) is 29.7 Å². The van der Waals surface area contributed by atoms with E-state index in [9.17, 15) is 9.18 Å². The number of halogens is 1. The normalized spacial score (nSPS) is 16.9. The number of fused-ring (bicyclic) bond motifs is 1. The van der Waals surface area contributed by atoms with E-state index in [1.54, 1.807) is 25.4 Å². The number of anilines is 4. The van der Waals surface area contributed by atoms with E-state index in [2.05, 4.69) is 43.9 Å². The minimum absolute atomic E-state index is 0.287. The van der Waals surface area contributed by atoms with Crippen LogP contribution >= 0.6 is 0 Å². The van der Waals surface area contributed by atoms with E-state index in [0.717, 1.165) is 62.3 Å². The summed E-state index contributed by atoms with van der Waals surface area (Å²) < 4.78 is 21.5. The summed E-state index contributed by atoms with van der Waals surface area (Å²) in [6.07, 6.45) is 8.22. The molecule has 6 rings (SSSR count).